The highest BCUT2D eigenvalue weighted by atomic mass is 79.9. The average Bonchev–Trinajstić information content (AvgIpc) is 3.13. The molecule has 4 aliphatic rings. The number of nitrogens with one attached hydrogen (secondary N) is 1. The van der Waals surface area contributed by atoms with E-state index in [0.29, 0.717) is 35.4 Å². The van der Waals surface area contributed by atoms with Crippen LogP contribution in [0.25, 0.3) is 0 Å². The van der Waals surface area contributed by atoms with E-state index in [1.54, 1.807) is 14.0 Å². The second-order valence-corrected chi connectivity index (χ2v) is 13.5. The number of Topliss-reactive ketones (excluding diaryl/α,β-unsaturated/α-hetero) is 1. The predicted octanol–water partition coefficient (Wildman–Crippen LogP) is 5.13. The second-order valence-electron chi connectivity index (χ2n) is 12.5. The summed E-state index contributed by atoms with van der Waals surface area (Å²) in [5.41, 5.74) is -0.0807. The van der Waals surface area contributed by atoms with Crippen molar-refractivity contribution in [2.45, 2.75) is 103 Å². The Balaban J connectivity index is 1.76. The molecule has 0 heterocycles. The van der Waals surface area contributed by atoms with Gasteiger partial charge in [-0.25, -0.2) is 0 Å². The molecule has 6 heteroatoms. The lowest BCUT2D eigenvalue weighted by molar-refractivity contribution is -0.212. The van der Waals surface area contributed by atoms with Crippen molar-refractivity contribution in [1.29, 1.82) is 0 Å². The van der Waals surface area contributed by atoms with Crippen LogP contribution in [0.1, 0.15) is 85.5 Å². The minimum absolute atomic E-state index is 0.0922. The number of ether oxygens (including phenoxy) is 1. The van der Waals surface area contributed by atoms with E-state index in [1.807, 2.05) is 0 Å². The number of rotatable bonds is 7. The molecule has 0 saturated heterocycles. The molecule has 11 atom stereocenters. The number of hydrogen-bond donors (Lipinski definition) is 2. The monoisotopic (exact) mass is 539 g/mol. The fourth-order valence-corrected chi connectivity index (χ4v) is 10.5. The third-order valence-corrected chi connectivity index (χ3v) is 11.9. The van der Waals surface area contributed by atoms with Crippen molar-refractivity contribution < 1.29 is 19.4 Å². The molecule has 0 aromatic rings. The smallest absolute Gasteiger partial charge is 0.320 e. The summed E-state index contributed by atoms with van der Waals surface area (Å²) in [7, 11) is 1.76. The van der Waals surface area contributed by atoms with Crippen LogP contribution in [0.5, 0.6) is 0 Å². The Kier molecular flexibility index (Phi) is 7.92. The topological polar surface area (TPSA) is 75.6 Å². The maximum atomic E-state index is 12.7. The molecule has 0 bridgehead atoms. The Labute approximate surface area is 214 Å². The molecular formula is C28H46BrNO4. The molecule has 0 aromatic heterocycles. The highest BCUT2D eigenvalue weighted by molar-refractivity contribution is 9.09. The number of fused-ring (bicyclic) bond motifs is 5. The molecule has 0 spiro atoms. The van der Waals surface area contributed by atoms with E-state index in [0.717, 1.165) is 32.1 Å². The van der Waals surface area contributed by atoms with Gasteiger partial charge in [-0.1, -0.05) is 56.0 Å². The SMILES string of the molecule is CCCC[C@H]1C[C@]2(C)[C@@H](C(C)=O)CC[C@H]2[C@@H]2CC[C@H]3C[C@H](O)[C@@H](Br)C(OC(=O)CNC)[C@]3(C)[C@@H]12. The third kappa shape index (κ3) is 4.22. The van der Waals surface area contributed by atoms with Crippen LogP contribution in [0, 0.1) is 46.3 Å². The van der Waals surface area contributed by atoms with Crippen LogP contribution in [0.4, 0.5) is 0 Å². The standard InChI is InChI=1S/C28H46BrNO4/c1-6-7-8-17-14-27(3)20(16(2)31)11-12-21(27)19-10-9-18-13-22(32)25(29)26(28(18,4)24(17)19)34-23(33)15-30-5/h17-22,24-26,30,32H,6-15H2,1-5H3/t17-,18-,19-,20+,21-,22-,24-,25+,26?,27+,28-/m0/s1. The van der Waals surface area contributed by atoms with Gasteiger partial charge in [0.1, 0.15) is 11.9 Å². The van der Waals surface area contributed by atoms with Crippen LogP contribution in [0.3, 0.4) is 0 Å². The lowest BCUT2D eigenvalue weighted by Gasteiger charge is -2.65. The largest absolute Gasteiger partial charge is 0.460 e. The van der Waals surface area contributed by atoms with Gasteiger partial charge in [0.15, 0.2) is 0 Å². The quantitative estimate of drug-likeness (QED) is 0.346. The molecule has 5 nitrogen and oxygen atoms in total. The van der Waals surface area contributed by atoms with E-state index in [4.69, 9.17) is 4.74 Å². The third-order valence-electron chi connectivity index (χ3n) is 10.8. The first-order valence-electron chi connectivity index (χ1n) is 13.8. The van der Waals surface area contributed by atoms with Crippen molar-refractivity contribution >= 4 is 27.7 Å². The van der Waals surface area contributed by atoms with Crippen molar-refractivity contribution in [2.75, 3.05) is 13.6 Å². The van der Waals surface area contributed by atoms with Crippen LogP contribution in [0.15, 0.2) is 0 Å². The van der Waals surface area contributed by atoms with Crippen molar-refractivity contribution in [3.05, 3.63) is 0 Å². The van der Waals surface area contributed by atoms with E-state index in [1.165, 1.54) is 25.7 Å². The summed E-state index contributed by atoms with van der Waals surface area (Å²) in [5, 5.41) is 13.9. The zero-order chi connectivity index (χ0) is 24.8. The van der Waals surface area contributed by atoms with Crippen molar-refractivity contribution in [3.63, 3.8) is 0 Å². The summed E-state index contributed by atoms with van der Waals surface area (Å²) in [4.78, 5) is 25.2. The summed E-state index contributed by atoms with van der Waals surface area (Å²) in [6.45, 7) is 9.05. The molecule has 34 heavy (non-hydrogen) atoms. The molecule has 0 aliphatic heterocycles. The van der Waals surface area contributed by atoms with Gasteiger partial charge in [-0.15, -0.1) is 0 Å². The van der Waals surface area contributed by atoms with E-state index in [-0.39, 0.29) is 40.2 Å². The number of aliphatic hydroxyl groups excluding tert-OH is 1. The zero-order valence-corrected chi connectivity index (χ0v) is 23.4. The van der Waals surface area contributed by atoms with E-state index < -0.39 is 6.10 Å². The molecule has 4 saturated carbocycles. The zero-order valence-electron chi connectivity index (χ0n) is 21.8. The molecule has 2 N–H and O–H groups in total. The minimum atomic E-state index is -0.501. The fourth-order valence-electron chi connectivity index (χ4n) is 9.57. The lowest BCUT2D eigenvalue weighted by Crippen LogP contribution is -2.65. The number of ketones is 1. The first kappa shape index (κ1) is 26.6. The van der Waals surface area contributed by atoms with Crippen LogP contribution < -0.4 is 5.32 Å². The fraction of sp³-hybridized carbons (Fsp3) is 0.929. The number of halogens is 1. The lowest BCUT2D eigenvalue weighted by atomic mass is 9.41. The molecular weight excluding hydrogens is 494 g/mol. The van der Waals surface area contributed by atoms with E-state index >= 15 is 0 Å². The van der Waals surface area contributed by atoms with E-state index in [2.05, 4.69) is 42.0 Å². The van der Waals surface area contributed by atoms with Crippen molar-refractivity contribution in [2.24, 2.45) is 46.3 Å². The van der Waals surface area contributed by atoms with Crippen LogP contribution in [0.2, 0.25) is 0 Å². The Bertz CT molecular complexity index is 776. The van der Waals surface area contributed by atoms with Crippen LogP contribution >= 0.6 is 15.9 Å². The normalized spacial score (nSPS) is 47.9. The highest BCUT2D eigenvalue weighted by Crippen LogP contribution is 2.70. The maximum absolute atomic E-state index is 12.7. The summed E-state index contributed by atoms with van der Waals surface area (Å²) < 4.78 is 6.22. The Morgan fingerprint density at radius 1 is 1.18 bits per heavy atom. The van der Waals surface area contributed by atoms with Gasteiger partial charge < -0.3 is 15.2 Å². The van der Waals surface area contributed by atoms with E-state index in [9.17, 15) is 14.7 Å². The number of esters is 1. The van der Waals surface area contributed by atoms with Gasteiger partial charge >= 0.3 is 5.97 Å². The van der Waals surface area contributed by atoms with Crippen LogP contribution in [-0.2, 0) is 14.3 Å². The van der Waals surface area contributed by atoms with Gasteiger partial charge in [0.2, 0.25) is 0 Å². The first-order chi connectivity index (χ1) is 16.1. The van der Waals surface area contributed by atoms with Gasteiger partial charge in [0, 0.05) is 11.3 Å². The number of alkyl halides is 1. The van der Waals surface area contributed by atoms with Crippen molar-refractivity contribution in [3.8, 4) is 0 Å². The Hall–Kier alpha value is -0.460. The number of carbonyl (C=O) groups excluding carboxylic acids is 2. The van der Waals surface area contributed by atoms with Crippen LogP contribution in [-0.4, -0.2) is 47.5 Å². The number of hydrogen-bond acceptors (Lipinski definition) is 5. The first-order valence-corrected chi connectivity index (χ1v) is 14.7. The molecule has 194 valence electrons. The second kappa shape index (κ2) is 10.1. The summed E-state index contributed by atoms with van der Waals surface area (Å²) in [6.07, 6.45) is 9.02. The Morgan fingerprint density at radius 2 is 1.91 bits per heavy atom. The van der Waals surface area contributed by atoms with Gasteiger partial charge in [-0.2, -0.15) is 0 Å². The van der Waals surface area contributed by atoms with Gasteiger partial charge in [-0.3, -0.25) is 9.59 Å². The average molecular weight is 541 g/mol. The number of unbranched alkanes of at least 4 members (excludes halogenated alkanes) is 1. The maximum Gasteiger partial charge on any atom is 0.320 e. The number of aliphatic hydroxyl groups is 1. The summed E-state index contributed by atoms with van der Waals surface area (Å²) >= 11 is 3.79. The van der Waals surface area contributed by atoms with Crippen molar-refractivity contribution in [1.82, 2.24) is 5.32 Å². The summed E-state index contributed by atoms with van der Waals surface area (Å²) in [6, 6.07) is 0. The molecule has 1 unspecified atom stereocenters. The highest BCUT2D eigenvalue weighted by Gasteiger charge is 2.67. The molecule has 0 radical (unpaired) electrons. The minimum Gasteiger partial charge on any atom is -0.460 e. The predicted molar refractivity (Wildman–Crippen MR) is 138 cm³/mol. The number of carbonyl (C=O) groups is 2. The van der Waals surface area contributed by atoms with Gasteiger partial charge in [-0.05, 0) is 87.5 Å². The molecule has 4 fully saturated rings. The molecule has 0 aromatic carbocycles. The van der Waals surface area contributed by atoms with Gasteiger partial charge in [0.05, 0.1) is 17.5 Å². The molecule has 4 aliphatic carbocycles. The Morgan fingerprint density at radius 3 is 2.56 bits per heavy atom. The molecule has 4 rings (SSSR count). The molecule has 0 amide bonds. The summed E-state index contributed by atoms with van der Waals surface area (Å²) in [5.74, 6) is 2.79. The number of likely N-dealkylation sites (N-methyl/N-ethyl adjacent to an activating group) is 1. The van der Waals surface area contributed by atoms with Gasteiger partial charge in [0.25, 0.3) is 0 Å².